The summed E-state index contributed by atoms with van der Waals surface area (Å²) in [5.74, 6) is 3.04. The smallest absolute Gasteiger partial charge is 0.264 e. The molecule has 0 spiro atoms. The van der Waals surface area contributed by atoms with Gasteiger partial charge in [-0.15, -0.1) is 0 Å². The van der Waals surface area contributed by atoms with Gasteiger partial charge < -0.3 is 34.9 Å². The Hall–Kier alpha value is -3.95. The van der Waals surface area contributed by atoms with Crippen LogP contribution in [0, 0.1) is 0 Å². The Bertz CT molecular complexity index is 1220. The number of nitrogens with zero attached hydrogens (tertiary/aromatic N) is 3. The van der Waals surface area contributed by atoms with Crippen molar-refractivity contribution in [3.63, 3.8) is 0 Å². The van der Waals surface area contributed by atoms with Crippen LogP contribution in [0.2, 0.25) is 0 Å². The zero-order valence-electron chi connectivity index (χ0n) is 19.1. The van der Waals surface area contributed by atoms with Gasteiger partial charge in [-0.3, -0.25) is 4.79 Å². The predicted molar refractivity (Wildman–Crippen MR) is 127 cm³/mol. The standard InChI is InChI=1S/C24H27N5O5/c1-31-19-10-15-16(11-20(19)32-2)27-24(28-22(15)25)29-9-5-6-14(12-29)26-23(30)21-13-33-17-7-3-4-8-18(17)34-21/h3-4,7-8,10-11,14,21H,5-6,9,12-13H2,1-2H3,(H,26,30)(H2,25,27,28)/t14-,21-/m0/s1. The van der Waals surface area contributed by atoms with Gasteiger partial charge in [0.25, 0.3) is 5.91 Å². The Kier molecular flexibility index (Phi) is 5.87. The highest BCUT2D eigenvalue weighted by molar-refractivity contribution is 5.91. The van der Waals surface area contributed by atoms with E-state index < -0.39 is 6.10 Å². The van der Waals surface area contributed by atoms with Crippen LogP contribution in [0.1, 0.15) is 12.8 Å². The summed E-state index contributed by atoms with van der Waals surface area (Å²) in [6, 6.07) is 10.8. The van der Waals surface area contributed by atoms with Gasteiger partial charge in [-0.2, -0.15) is 4.98 Å². The number of anilines is 2. The summed E-state index contributed by atoms with van der Waals surface area (Å²) in [7, 11) is 3.15. The van der Waals surface area contributed by atoms with Gasteiger partial charge in [-0.25, -0.2) is 4.98 Å². The number of benzene rings is 2. The number of carbonyl (C=O) groups is 1. The first-order valence-electron chi connectivity index (χ1n) is 11.2. The molecule has 2 aliphatic rings. The Morgan fingerprint density at radius 3 is 2.71 bits per heavy atom. The quantitative estimate of drug-likeness (QED) is 0.584. The number of nitrogens with two attached hydrogens (primary N) is 1. The van der Waals surface area contributed by atoms with E-state index >= 15 is 0 Å². The predicted octanol–water partition coefficient (Wildman–Crippen LogP) is 2.15. The second kappa shape index (κ2) is 9.12. The van der Waals surface area contributed by atoms with E-state index in [0.29, 0.717) is 52.2 Å². The second-order valence-corrected chi connectivity index (χ2v) is 8.29. The molecule has 10 heteroatoms. The number of rotatable bonds is 5. The molecule has 0 bridgehead atoms. The number of ether oxygens (including phenoxy) is 4. The number of methoxy groups -OCH3 is 2. The van der Waals surface area contributed by atoms with E-state index in [1.165, 1.54) is 0 Å². The molecule has 178 valence electrons. The highest BCUT2D eigenvalue weighted by Crippen LogP contribution is 2.34. The molecule has 2 aromatic carbocycles. The summed E-state index contributed by atoms with van der Waals surface area (Å²) >= 11 is 0. The number of aromatic nitrogens is 2. The zero-order valence-corrected chi connectivity index (χ0v) is 19.1. The molecule has 34 heavy (non-hydrogen) atoms. The van der Waals surface area contributed by atoms with Gasteiger partial charge >= 0.3 is 0 Å². The lowest BCUT2D eigenvalue weighted by Crippen LogP contribution is -2.53. The summed E-state index contributed by atoms with van der Waals surface area (Å²) in [4.78, 5) is 24.1. The number of fused-ring (bicyclic) bond motifs is 2. The molecule has 0 aliphatic carbocycles. The fraction of sp³-hybridized carbons (Fsp3) is 0.375. The Morgan fingerprint density at radius 1 is 1.15 bits per heavy atom. The summed E-state index contributed by atoms with van der Waals surface area (Å²) in [5, 5.41) is 3.79. The summed E-state index contributed by atoms with van der Waals surface area (Å²) in [6.45, 7) is 1.50. The topological polar surface area (TPSA) is 121 Å². The van der Waals surface area contributed by atoms with Crippen molar-refractivity contribution >= 4 is 28.6 Å². The van der Waals surface area contributed by atoms with Gasteiger partial charge in [0, 0.05) is 30.6 Å². The Labute approximate surface area is 197 Å². The fourth-order valence-electron chi connectivity index (χ4n) is 4.33. The normalized spacial score (nSPS) is 19.5. The number of nitrogens with one attached hydrogen (secondary N) is 1. The van der Waals surface area contributed by atoms with Crippen molar-refractivity contribution in [1.29, 1.82) is 0 Å². The molecule has 0 radical (unpaired) electrons. The van der Waals surface area contributed by atoms with Gasteiger partial charge in [0.2, 0.25) is 12.1 Å². The van der Waals surface area contributed by atoms with Crippen LogP contribution in [0.25, 0.3) is 10.9 Å². The highest BCUT2D eigenvalue weighted by Gasteiger charge is 2.31. The first-order valence-corrected chi connectivity index (χ1v) is 11.2. The summed E-state index contributed by atoms with van der Waals surface area (Å²) in [6.07, 6.45) is 1.03. The van der Waals surface area contributed by atoms with Crippen LogP contribution in [-0.2, 0) is 4.79 Å². The van der Waals surface area contributed by atoms with Crippen LogP contribution in [0.3, 0.4) is 0 Å². The van der Waals surface area contributed by atoms with Crippen molar-refractivity contribution in [3.05, 3.63) is 36.4 Å². The zero-order chi connectivity index (χ0) is 23.7. The van der Waals surface area contributed by atoms with Crippen molar-refractivity contribution < 1.29 is 23.7 Å². The lowest BCUT2D eigenvalue weighted by atomic mass is 10.1. The molecule has 1 amide bonds. The van der Waals surface area contributed by atoms with Crippen molar-refractivity contribution in [2.75, 3.05) is 44.5 Å². The summed E-state index contributed by atoms with van der Waals surface area (Å²) < 4.78 is 22.3. The second-order valence-electron chi connectivity index (χ2n) is 8.29. The average molecular weight is 466 g/mol. The Morgan fingerprint density at radius 2 is 1.91 bits per heavy atom. The van der Waals surface area contributed by atoms with Crippen molar-refractivity contribution in [2.24, 2.45) is 0 Å². The van der Waals surface area contributed by atoms with E-state index in [0.717, 1.165) is 19.4 Å². The van der Waals surface area contributed by atoms with E-state index in [-0.39, 0.29) is 18.6 Å². The van der Waals surface area contributed by atoms with E-state index in [9.17, 15) is 4.79 Å². The molecule has 3 N–H and O–H groups in total. The SMILES string of the molecule is COc1cc2nc(N3CCC[C@H](NC(=O)[C@@H]4COc5ccccc5O4)C3)nc(N)c2cc1OC. The van der Waals surface area contributed by atoms with E-state index in [1.807, 2.05) is 23.1 Å². The largest absolute Gasteiger partial charge is 0.493 e. The monoisotopic (exact) mass is 465 g/mol. The van der Waals surface area contributed by atoms with E-state index in [4.69, 9.17) is 29.7 Å². The minimum atomic E-state index is -0.694. The average Bonchev–Trinajstić information content (AvgIpc) is 2.87. The van der Waals surface area contributed by atoms with Crippen LogP contribution in [-0.4, -0.2) is 61.9 Å². The maximum absolute atomic E-state index is 12.9. The number of hydrogen-bond acceptors (Lipinski definition) is 9. The molecule has 1 saturated heterocycles. The molecule has 1 fully saturated rings. The number of carbonyl (C=O) groups excluding carboxylic acids is 1. The van der Waals surface area contributed by atoms with Crippen molar-refractivity contribution in [2.45, 2.75) is 25.0 Å². The van der Waals surface area contributed by atoms with Crippen molar-refractivity contribution in [1.82, 2.24) is 15.3 Å². The highest BCUT2D eigenvalue weighted by atomic mass is 16.6. The molecule has 3 heterocycles. The number of hydrogen-bond donors (Lipinski definition) is 2. The molecule has 5 rings (SSSR count). The lowest BCUT2D eigenvalue weighted by Gasteiger charge is -2.34. The van der Waals surface area contributed by atoms with Crippen molar-refractivity contribution in [3.8, 4) is 23.0 Å². The number of para-hydroxylation sites is 2. The van der Waals surface area contributed by atoms with Crippen LogP contribution in [0.4, 0.5) is 11.8 Å². The molecular weight excluding hydrogens is 438 g/mol. The molecule has 0 unspecified atom stereocenters. The van der Waals surface area contributed by atoms with Gasteiger partial charge in [-0.1, -0.05) is 12.1 Å². The molecule has 2 atom stereocenters. The Balaban J connectivity index is 1.30. The van der Waals surface area contributed by atoms with E-state index in [2.05, 4.69) is 10.3 Å². The molecule has 10 nitrogen and oxygen atoms in total. The van der Waals surface area contributed by atoms with Gasteiger partial charge in [-0.05, 0) is 31.0 Å². The van der Waals surface area contributed by atoms with Gasteiger partial charge in [0.15, 0.2) is 23.0 Å². The maximum Gasteiger partial charge on any atom is 0.264 e. The lowest BCUT2D eigenvalue weighted by molar-refractivity contribution is -0.131. The van der Waals surface area contributed by atoms with Crippen LogP contribution < -0.4 is 34.9 Å². The fourth-order valence-corrected chi connectivity index (χ4v) is 4.33. The van der Waals surface area contributed by atoms with Crippen LogP contribution >= 0.6 is 0 Å². The van der Waals surface area contributed by atoms with Crippen LogP contribution in [0.15, 0.2) is 36.4 Å². The van der Waals surface area contributed by atoms with Crippen LogP contribution in [0.5, 0.6) is 23.0 Å². The first-order chi connectivity index (χ1) is 16.6. The minimum Gasteiger partial charge on any atom is -0.493 e. The third-order valence-corrected chi connectivity index (χ3v) is 6.07. The summed E-state index contributed by atoms with van der Waals surface area (Å²) in [5.41, 5.74) is 6.92. The van der Waals surface area contributed by atoms with Gasteiger partial charge in [0.05, 0.1) is 19.7 Å². The van der Waals surface area contributed by atoms with E-state index in [1.54, 1.807) is 32.4 Å². The number of amides is 1. The number of nitrogen functional groups attached to an aromatic ring is 1. The molecule has 1 aromatic heterocycles. The molecule has 0 saturated carbocycles. The maximum atomic E-state index is 12.9. The third-order valence-electron chi connectivity index (χ3n) is 6.07. The molecular formula is C24H27N5O5. The molecule has 2 aliphatic heterocycles. The van der Waals surface area contributed by atoms with Gasteiger partial charge in [0.1, 0.15) is 12.4 Å². The molecule has 3 aromatic rings. The third kappa shape index (κ3) is 4.18. The number of piperidine rings is 1. The minimum absolute atomic E-state index is 0.0760. The first kappa shape index (κ1) is 21.9.